The van der Waals surface area contributed by atoms with Crippen LogP contribution in [0.4, 0.5) is 0 Å². The lowest BCUT2D eigenvalue weighted by Gasteiger charge is -2.18. The number of aromatic nitrogens is 1. The number of aryl methyl sites for hydroxylation is 1. The molecule has 1 aliphatic heterocycles. The lowest BCUT2D eigenvalue weighted by Crippen LogP contribution is -2.17. The van der Waals surface area contributed by atoms with Gasteiger partial charge in [0, 0.05) is 26.0 Å². The molecule has 2 heterocycles. The van der Waals surface area contributed by atoms with Gasteiger partial charge in [0.25, 0.3) is 0 Å². The maximum Gasteiger partial charge on any atom is 0.161 e. The minimum Gasteiger partial charge on any atom is -0.486 e. The van der Waals surface area contributed by atoms with Gasteiger partial charge in [0.15, 0.2) is 11.5 Å². The zero-order valence-corrected chi connectivity index (χ0v) is 11.8. The van der Waals surface area contributed by atoms with E-state index in [4.69, 9.17) is 9.47 Å². The van der Waals surface area contributed by atoms with E-state index in [1.165, 1.54) is 11.1 Å². The van der Waals surface area contributed by atoms with E-state index in [-0.39, 0.29) is 0 Å². The predicted octanol–water partition coefficient (Wildman–Crippen LogP) is 2.13. The summed E-state index contributed by atoms with van der Waals surface area (Å²) in [6.07, 6.45) is 5.19. The van der Waals surface area contributed by atoms with E-state index < -0.39 is 0 Å². The van der Waals surface area contributed by atoms with Gasteiger partial charge in [-0.2, -0.15) is 0 Å². The molecule has 0 saturated heterocycles. The zero-order valence-electron chi connectivity index (χ0n) is 11.8. The SMILES string of the molecule is Cn1ccc(CNCCc2ccc3c(c2)OCCO3)c1. The van der Waals surface area contributed by atoms with E-state index in [0.29, 0.717) is 13.2 Å². The topological polar surface area (TPSA) is 35.4 Å². The third kappa shape index (κ3) is 3.14. The van der Waals surface area contributed by atoms with Crippen LogP contribution in [-0.2, 0) is 20.0 Å². The molecule has 0 spiro atoms. The van der Waals surface area contributed by atoms with E-state index in [9.17, 15) is 0 Å². The molecule has 0 unspecified atom stereocenters. The van der Waals surface area contributed by atoms with E-state index in [2.05, 4.69) is 40.5 Å². The Morgan fingerprint density at radius 1 is 1.10 bits per heavy atom. The van der Waals surface area contributed by atoms with Gasteiger partial charge in [0.1, 0.15) is 13.2 Å². The molecule has 1 N–H and O–H groups in total. The number of hydrogen-bond acceptors (Lipinski definition) is 3. The molecule has 3 rings (SSSR count). The molecule has 106 valence electrons. The molecular weight excluding hydrogens is 252 g/mol. The largest absolute Gasteiger partial charge is 0.486 e. The number of fused-ring (bicyclic) bond motifs is 1. The van der Waals surface area contributed by atoms with Gasteiger partial charge < -0.3 is 19.4 Å². The van der Waals surface area contributed by atoms with E-state index in [1.807, 2.05) is 13.1 Å². The first-order chi connectivity index (χ1) is 9.81. The molecule has 0 radical (unpaired) electrons. The summed E-state index contributed by atoms with van der Waals surface area (Å²) in [4.78, 5) is 0. The van der Waals surface area contributed by atoms with Gasteiger partial charge in [0.2, 0.25) is 0 Å². The van der Waals surface area contributed by atoms with Crippen LogP contribution in [0.15, 0.2) is 36.7 Å². The second-order valence-electron chi connectivity index (χ2n) is 5.09. The Morgan fingerprint density at radius 2 is 1.95 bits per heavy atom. The van der Waals surface area contributed by atoms with E-state index >= 15 is 0 Å². The highest BCUT2D eigenvalue weighted by atomic mass is 16.6. The molecule has 0 amide bonds. The Morgan fingerprint density at radius 3 is 2.75 bits per heavy atom. The standard InChI is InChI=1S/C16H20N2O2/c1-18-7-5-14(12-18)11-17-6-4-13-2-3-15-16(10-13)20-9-8-19-15/h2-3,5,7,10,12,17H,4,6,8-9,11H2,1H3. The molecule has 4 nitrogen and oxygen atoms in total. The van der Waals surface area contributed by atoms with Crippen molar-refractivity contribution in [2.45, 2.75) is 13.0 Å². The minimum atomic E-state index is 0.642. The smallest absolute Gasteiger partial charge is 0.161 e. The van der Waals surface area contributed by atoms with E-state index in [1.54, 1.807) is 0 Å². The number of benzene rings is 1. The van der Waals surface area contributed by atoms with Crippen LogP contribution in [0.3, 0.4) is 0 Å². The molecule has 4 heteroatoms. The van der Waals surface area contributed by atoms with Crippen LogP contribution in [0.1, 0.15) is 11.1 Å². The molecule has 0 atom stereocenters. The fraction of sp³-hybridized carbons (Fsp3) is 0.375. The maximum atomic E-state index is 5.59. The highest BCUT2D eigenvalue weighted by molar-refractivity contribution is 5.43. The summed E-state index contributed by atoms with van der Waals surface area (Å²) in [6, 6.07) is 8.33. The third-order valence-electron chi connectivity index (χ3n) is 3.42. The fourth-order valence-corrected chi connectivity index (χ4v) is 2.37. The number of nitrogens with one attached hydrogen (secondary N) is 1. The van der Waals surface area contributed by atoms with Gasteiger partial charge in [0.05, 0.1) is 0 Å². The Bertz CT molecular complexity index is 578. The summed E-state index contributed by atoms with van der Waals surface area (Å²) in [5.41, 5.74) is 2.59. The molecule has 20 heavy (non-hydrogen) atoms. The Labute approximate surface area is 119 Å². The van der Waals surface area contributed by atoms with Crippen LogP contribution in [-0.4, -0.2) is 24.3 Å². The predicted molar refractivity (Wildman–Crippen MR) is 78.3 cm³/mol. The Hall–Kier alpha value is -1.94. The van der Waals surface area contributed by atoms with Crippen LogP contribution in [0.2, 0.25) is 0 Å². The Balaban J connectivity index is 1.48. The maximum absolute atomic E-state index is 5.59. The minimum absolute atomic E-state index is 0.642. The monoisotopic (exact) mass is 272 g/mol. The van der Waals surface area contributed by atoms with Crippen molar-refractivity contribution < 1.29 is 9.47 Å². The quantitative estimate of drug-likeness (QED) is 0.847. The highest BCUT2D eigenvalue weighted by Crippen LogP contribution is 2.30. The molecule has 2 aromatic rings. The number of ether oxygens (including phenoxy) is 2. The summed E-state index contributed by atoms with van der Waals surface area (Å²) in [5.74, 6) is 1.73. The van der Waals surface area contributed by atoms with Crippen molar-refractivity contribution in [2.24, 2.45) is 7.05 Å². The fourth-order valence-electron chi connectivity index (χ4n) is 2.37. The average molecular weight is 272 g/mol. The van der Waals surface area contributed by atoms with Gasteiger partial charge in [-0.3, -0.25) is 0 Å². The van der Waals surface area contributed by atoms with Crippen molar-refractivity contribution in [3.8, 4) is 11.5 Å². The van der Waals surface area contributed by atoms with Crippen LogP contribution in [0.25, 0.3) is 0 Å². The number of nitrogens with zero attached hydrogens (tertiary/aromatic N) is 1. The number of hydrogen-bond donors (Lipinski definition) is 1. The molecule has 1 aromatic carbocycles. The summed E-state index contributed by atoms with van der Waals surface area (Å²) in [5, 5.41) is 3.46. The van der Waals surface area contributed by atoms with Crippen molar-refractivity contribution in [3.05, 3.63) is 47.8 Å². The van der Waals surface area contributed by atoms with Crippen LogP contribution in [0, 0.1) is 0 Å². The van der Waals surface area contributed by atoms with Gasteiger partial charge in [-0.25, -0.2) is 0 Å². The molecule has 1 aliphatic rings. The van der Waals surface area contributed by atoms with Crippen molar-refractivity contribution in [2.75, 3.05) is 19.8 Å². The normalized spacial score (nSPS) is 13.4. The lowest BCUT2D eigenvalue weighted by atomic mass is 10.1. The first-order valence-corrected chi connectivity index (χ1v) is 7.01. The first-order valence-electron chi connectivity index (χ1n) is 7.01. The van der Waals surface area contributed by atoms with Crippen molar-refractivity contribution in [1.82, 2.24) is 9.88 Å². The highest BCUT2D eigenvalue weighted by Gasteiger charge is 2.11. The zero-order chi connectivity index (χ0) is 13.8. The summed E-state index contributed by atoms with van der Waals surface area (Å²) in [7, 11) is 2.04. The van der Waals surface area contributed by atoms with Crippen LogP contribution >= 0.6 is 0 Å². The van der Waals surface area contributed by atoms with Crippen molar-refractivity contribution in [3.63, 3.8) is 0 Å². The molecular formula is C16H20N2O2. The van der Waals surface area contributed by atoms with Crippen molar-refractivity contribution >= 4 is 0 Å². The van der Waals surface area contributed by atoms with Crippen molar-refractivity contribution in [1.29, 1.82) is 0 Å². The van der Waals surface area contributed by atoms with Gasteiger partial charge in [-0.1, -0.05) is 6.07 Å². The summed E-state index contributed by atoms with van der Waals surface area (Å²) < 4.78 is 13.2. The molecule has 0 saturated carbocycles. The molecule has 0 fully saturated rings. The first kappa shape index (κ1) is 13.1. The average Bonchev–Trinajstić information content (AvgIpc) is 2.89. The van der Waals surface area contributed by atoms with Gasteiger partial charge in [-0.05, 0) is 42.3 Å². The van der Waals surface area contributed by atoms with Gasteiger partial charge in [-0.15, -0.1) is 0 Å². The molecule has 0 aliphatic carbocycles. The summed E-state index contributed by atoms with van der Waals surface area (Å²) in [6.45, 7) is 3.15. The second-order valence-corrected chi connectivity index (χ2v) is 5.09. The lowest BCUT2D eigenvalue weighted by molar-refractivity contribution is 0.171. The van der Waals surface area contributed by atoms with E-state index in [0.717, 1.165) is 31.0 Å². The summed E-state index contributed by atoms with van der Waals surface area (Å²) >= 11 is 0. The third-order valence-corrected chi connectivity index (χ3v) is 3.42. The molecule has 1 aromatic heterocycles. The van der Waals surface area contributed by atoms with Crippen LogP contribution in [0.5, 0.6) is 11.5 Å². The Kier molecular flexibility index (Phi) is 3.92. The second kappa shape index (κ2) is 6.01. The molecule has 0 bridgehead atoms. The van der Waals surface area contributed by atoms with Gasteiger partial charge >= 0.3 is 0 Å². The van der Waals surface area contributed by atoms with Crippen LogP contribution < -0.4 is 14.8 Å². The number of rotatable bonds is 5.